The summed E-state index contributed by atoms with van der Waals surface area (Å²) in [6.45, 7) is 2.59. The molecule has 0 radical (unpaired) electrons. The summed E-state index contributed by atoms with van der Waals surface area (Å²) < 4.78 is 0. The molecule has 1 aromatic rings. The number of benzene rings is 1. The Labute approximate surface area is 106 Å². The third kappa shape index (κ3) is 2.45. The van der Waals surface area contributed by atoms with Crippen LogP contribution in [0.2, 0.25) is 0 Å². The molecule has 1 aromatic carbocycles. The van der Waals surface area contributed by atoms with E-state index in [1.165, 1.54) is 5.56 Å². The van der Waals surface area contributed by atoms with Gasteiger partial charge in [-0.3, -0.25) is 10.1 Å². The number of anilines is 1. The fraction of sp³-hybridized carbons (Fsp3) is 0.385. The van der Waals surface area contributed by atoms with Gasteiger partial charge in [0.25, 0.3) is 0 Å². The van der Waals surface area contributed by atoms with E-state index in [2.05, 4.69) is 11.4 Å². The molecule has 1 atom stereocenters. The number of urea groups is 1. The zero-order valence-electron chi connectivity index (χ0n) is 10.3. The second kappa shape index (κ2) is 5.08. The Balaban J connectivity index is 2.19. The number of para-hydroxylation sites is 1. The third-order valence-electron chi connectivity index (χ3n) is 3.24. The molecule has 0 bridgehead atoms. The average molecular weight is 247 g/mol. The van der Waals surface area contributed by atoms with Gasteiger partial charge in [-0.15, -0.1) is 0 Å². The van der Waals surface area contributed by atoms with Crippen LogP contribution in [-0.2, 0) is 11.2 Å². The first kappa shape index (κ1) is 12.4. The molecule has 96 valence electrons. The highest BCUT2D eigenvalue weighted by molar-refractivity contribution is 5.97. The first-order chi connectivity index (χ1) is 8.59. The molecular weight excluding hydrogens is 230 g/mol. The summed E-state index contributed by atoms with van der Waals surface area (Å²) in [4.78, 5) is 24.5. The van der Waals surface area contributed by atoms with E-state index in [4.69, 9.17) is 5.73 Å². The normalized spacial score (nSPS) is 15.7. The molecule has 0 saturated carbocycles. The number of primary amides is 1. The molecule has 18 heavy (non-hydrogen) atoms. The monoisotopic (exact) mass is 247 g/mol. The van der Waals surface area contributed by atoms with Crippen molar-refractivity contribution >= 4 is 17.6 Å². The van der Waals surface area contributed by atoms with Gasteiger partial charge < -0.3 is 10.6 Å². The van der Waals surface area contributed by atoms with Gasteiger partial charge in [0.15, 0.2) is 0 Å². The van der Waals surface area contributed by atoms with Gasteiger partial charge in [-0.05, 0) is 31.4 Å². The summed E-state index contributed by atoms with van der Waals surface area (Å²) in [5, 5.41) is 2.13. The average Bonchev–Trinajstić information content (AvgIpc) is 2.36. The molecule has 5 heteroatoms. The van der Waals surface area contributed by atoms with Crippen molar-refractivity contribution in [1.82, 2.24) is 5.32 Å². The predicted octanol–water partition coefficient (Wildman–Crippen LogP) is 1.02. The molecule has 3 amide bonds. The summed E-state index contributed by atoms with van der Waals surface area (Å²) in [6.07, 6.45) is 2.03. The van der Waals surface area contributed by atoms with Crippen LogP contribution in [0.4, 0.5) is 10.5 Å². The van der Waals surface area contributed by atoms with Gasteiger partial charge >= 0.3 is 6.03 Å². The lowest BCUT2D eigenvalue weighted by Gasteiger charge is -2.35. The minimum Gasteiger partial charge on any atom is -0.360 e. The Morgan fingerprint density at radius 2 is 2.11 bits per heavy atom. The Morgan fingerprint density at radius 3 is 2.83 bits per heavy atom. The Bertz CT molecular complexity index is 473. The van der Waals surface area contributed by atoms with Gasteiger partial charge in [-0.25, -0.2) is 4.79 Å². The lowest BCUT2D eigenvalue weighted by molar-refractivity contribution is -0.120. The summed E-state index contributed by atoms with van der Waals surface area (Å²) in [6, 6.07) is 6.81. The number of hydrogen-bond acceptors (Lipinski definition) is 3. The van der Waals surface area contributed by atoms with E-state index in [1.54, 1.807) is 6.92 Å². The van der Waals surface area contributed by atoms with E-state index in [-0.39, 0.29) is 5.91 Å². The lowest BCUT2D eigenvalue weighted by atomic mass is 10.00. The van der Waals surface area contributed by atoms with Crippen LogP contribution in [0.3, 0.4) is 0 Å². The first-order valence-electron chi connectivity index (χ1n) is 6.04. The molecule has 0 saturated heterocycles. The van der Waals surface area contributed by atoms with Crippen LogP contribution in [0.1, 0.15) is 18.9 Å². The molecule has 3 N–H and O–H groups in total. The SMILES string of the molecule is C[C@@H](C(=O)NC(N)=O)N1CCCc2ccccc21. The van der Waals surface area contributed by atoms with Gasteiger partial charge in [-0.1, -0.05) is 18.2 Å². The molecule has 0 fully saturated rings. The zero-order valence-corrected chi connectivity index (χ0v) is 10.3. The van der Waals surface area contributed by atoms with E-state index < -0.39 is 12.1 Å². The summed E-state index contributed by atoms with van der Waals surface area (Å²) in [5.41, 5.74) is 7.27. The maximum absolute atomic E-state index is 11.8. The van der Waals surface area contributed by atoms with Crippen molar-refractivity contribution in [3.63, 3.8) is 0 Å². The fourth-order valence-corrected chi connectivity index (χ4v) is 2.33. The maximum Gasteiger partial charge on any atom is 0.318 e. The molecule has 1 aliphatic heterocycles. The largest absolute Gasteiger partial charge is 0.360 e. The summed E-state index contributed by atoms with van der Waals surface area (Å²) >= 11 is 0. The second-order valence-corrected chi connectivity index (χ2v) is 4.46. The number of hydrogen-bond donors (Lipinski definition) is 2. The van der Waals surface area contributed by atoms with E-state index in [1.807, 2.05) is 23.1 Å². The van der Waals surface area contributed by atoms with Crippen LogP contribution in [0, 0.1) is 0 Å². The van der Waals surface area contributed by atoms with Gasteiger partial charge in [0.1, 0.15) is 6.04 Å². The minimum atomic E-state index is -0.808. The van der Waals surface area contributed by atoms with Crippen molar-refractivity contribution in [2.24, 2.45) is 5.73 Å². The Morgan fingerprint density at radius 1 is 1.39 bits per heavy atom. The highest BCUT2D eigenvalue weighted by Gasteiger charge is 2.26. The second-order valence-electron chi connectivity index (χ2n) is 4.46. The molecular formula is C13H17N3O2. The highest BCUT2D eigenvalue weighted by Crippen LogP contribution is 2.28. The topological polar surface area (TPSA) is 75.4 Å². The zero-order chi connectivity index (χ0) is 13.1. The predicted molar refractivity (Wildman–Crippen MR) is 69.3 cm³/mol. The van der Waals surface area contributed by atoms with Gasteiger partial charge in [0.2, 0.25) is 5.91 Å². The molecule has 0 spiro atoms. The maximum atomic E-state index is 11.8. The van der Waals surface area contributed by atoms with Crippen LogP contribution in [-0.4, -0.2) is 24.5 Å². The number of nitrogens with one attached hydrogen (secondary N) is 1. The molecule has 2 rings (SSSR count). The summed E-state index contributed by atoms with van der Waals surface area (Å²) in [5.74, 6) is -0.362. The van der Waals surface area contributed by atoms with Crippen LogP contribution in [0.5, 0.6) is 0 Å². The number of nitrogens with zero attached hydrogens (tertiary/aromatic N) is 1. The number of aryl methyl sites for hydroxylation is 1. The first-order valence-corrected chi connectivity index (χ1v) is 6.04. The minimum absolute atomic E-state index is 0.362. The van der Waals surface area contributed by atoms with E-state index in [0.29, 0.717) is 0 Å². The lowest BCUT2D eigenvalue weighted by Crippen LogP contribution is -2.50. The molecule has 0 aromatic heterocycles. The van der Waals surface area contributed by atoms with E-state index in [9.17, 15) is 9.59 Å². The molecule has 1 aliphatic rings. The third-order valence-corrected chi connectivity index (χ3v) is 3.24. The van der Waals surface area contributed by atoms with Crippen molar-refractivity contribution in [1.29, 1.82) is 0 Å². The van der Waals surface area contributed by atoms with E-state index in [0.717, 1.165) is 25.1 Å². The number of nitrogens with two attached hydrogens (primary N) is 1. The quantitative estimate of drug-likeness (QED) is 0.819. The van der Waals surface area contributed by atoms with Crippen molar-refractivity contribution in [3.8, 4) is 0 Å². The molecule has 0 unspecified atom stereocenters. The summed E-state index contributed by atoms with van der Waals surface area (Å²) in [7, 11) is 0. The smallest absolute Gasteiger partial charge is 0.318 e. The number of fused-ring (bicyclic) bond motifs is 1. The van der Waals surface area contributed by atoms with Crippen molar-refractivity contribution in [2.75, 3.05) is 11.4 Å². The van der Waals surface area contributed by atoms with Crippen molar-refractivity contribution in [3.05, 3.63) is 29.8 Å². The number of amides is 3. The van der Waals surface area contributed by atoms with Gasteiger partial charge in [-0.2, -0.15) is 0 Å². The van der Waals surface area contributed by atoms with Gasteiger partial charge in [0, 0.05) is 12.2 Å². The number of carbonyl (C=O) groups is 2. The Kier molecular flexibility index (Phi) is 3.50. The number of imide groups is 1. The van der Waals surface area contributed by atoms with Crippen molar-refractivity contribution in [2.45, 2.75) is 25.8 Å². The fourth-order valence-electron chi connectivity index (χ4n) is 2.33. The number of carbonyl (C=O) groups excluding carboxylic acids is 2. The standard InChI is InChI=1S/C13H17N3O2/c1-9(12(17)15-13(14)18)16-8-4-6-10-5-2-3-7-11(10)16/h2-3,5,7,9H,4,6,8H2,1H3,(H3,14,15,17,18)/t9-/m0/s1. The molecule has 0 aliphatic carbocycles. The van der Waals surface area contributed by atoms with E-state index >= 15 is 0 Å². The molecule has 5 nitrogen and oxygen atoms in total. The van der Waals surface area contributed by atoms with Crippen LogP contribution in [0.25, 0.3) is 0 Å². The highest BCUT2D eigenvalue weighted by atomic mass is 16.2. The number of rotatable bonds is 2. The molecule has 1 heterocycles. The van der Waals surface area contributed by atoms with Crippen molar-refractivity contribution < 1.29 is 9.59 Å². The van der Waals surface area contributed by atoms with Crippen LogP contribution < -0.4 is 16.0 Å². The van der Waals surface area contributed by atoms with Gasteiger partial charge in [0.05, 0.1) is 0 Å². The Hall–Kier alpha value is -2.04. The van der Waals surface area contributed by atoms with Crippen LogP contribution in [0.15, 0.2) is 24.3 Å². The van der Waals surface area contributed by atoms with Crippen LogP contribution >= 0.6 is 0 Å².